The molecule has 2 atom stereocenters. The molecule has 2 aliphatic rings. The first-order valence-electron chi connectivity index (χ1n) is 8.04. The number of hydrogen-bond donors (Lipinski definition) is 1. The van der Waals surface area contributed by atoms with Crippen LogP contribution < -0.4 is 5.32 Å². The zero-order valence-electron chi connectivity index (χ0n) is 13.2. The number of hydrogen-bond acceptors (Lipinski definition) is 4. The first-order valence-corrected chi connectivity index (χ1v) is 8.04. The van der Waals surface area contributed by atoms with Gasteiger partial charge in [-0.15, -0.1) is 0 Å². The molecule has 116 valence electrons. The summed E-state index contributed by atoms with van der Waals surface area (Å²) in [6.45, 7) is 8.22. The van der Waals surface area contributed by atoms with Gasteiger partial charge >= 0.3 is 0 Å². The van der Waals surface area contributed by atoms with Crippen molar-refractivity contribution in [1.29, 1.82) is 0 Å². The van der Waals surface area contributed by atoms with E-state index in [0.717, 1.165) is 44.5 Å². The van der Waals surface area contributed by atoms with Gasteiger partial charge in [0.25, 0.3) is 5.91 Å². The molecule has 5 heteroatoms. The normalized spacial score (nSPS) is 29.5. The van der Waals surface area contributed by atoms with Gasteiger partial charge in [0.1, 0.15) is 0 Å². The van der Waals surface area contributed by atoms with E-state index in [-0.39, 0.29) is 23.4 Å². The van der Waals surface area contributed by atoms with E-state index in [1.807, 2.05) is 4.90 Å². The molecule has 1 aromatic rings. The average Bonchev–Trinajstić information content (AvgIpc) is 2.95. The van der Waals surface area contributed by atoms with Gasteiger partial charge in [-0.05, 0) is 45.1 Å². The highest BCUT2D eigenvalue weighted by molar-refractivity contribution is 5.92. The van der Waals surface area contributed by atoms with Gasteiger partial charge in [-0.2, -0.15) is 0 Å². The Kier molecular flexibility index (Phi) is 3.78. The summed E-state index contributed by atoms with van der Waals surface area (Å²) in [5.74, 6) is 0.654. The molecule has 0 unspecified atom stereocenters. The molecule has 3 heterocycles. The molecule has 2 saturated heterocycles. The summed E-state index contributed by atoms with van der Waals surface area (Å²) < 4.78 is 5.29. The molecule has 2 aliphatic heterocycles. The Hall–Kier alpha value is -1.36. The van der Waals surface area contributed by atoms with Crippen LogP contribution in [0.3, 0.4) is 0 Å². The van der Waals surface area contributed by atoms with E-state index in [0.29, 0.717) is 5.76 Å². The molecular formula is C16H25N3O2. The number of likely N-dealkylation sites (tertiary alicyclic amines) is 1. The van der Waals surface area contributed by atoms with Crippen molar-refractivity contribution in [2.45, 2.75) is 64.0 Å². The summed E-state index contributed by atoms with van der Waals surface area (Å²) >= 11 is 0. The predicted octanol–water partition coefficient (Wildman–Crippen LogP) is 2.54. The second kappa shape index (κ2) is 5.44. The monoisotopic (exact) mass is 291 g/mol. The van der Waals surface area contributed by atoms with Crippen LogP contribution in [-0.2, 0) is 0 Å². The van der Waals surface area contributed by atoms with Gasteiger partial charge < -0.3 is 14.7 Å². The first kappa shape index (κ1) is 14.6. The van der Waals surface area contributed by atoms with E-state index >= 15 is 0 Å². The molecule has 1 aromatic heterocycles. The SMILES string of the molecule is CC(C)c1cc(C(=O)N2CCC[C@]3(C)NCCC[C@@H]23)on1. The molecule has 0 saturated carbocycles. The number of nitrogens with zero attached hydrogens (tertiary/aromatic N) is 2. The smallest absolute Gasteiger partial charge is 0.292 e. The highest BCUT2D eigenvalue weighted by Crippen LogP contribution is 2.34. The third kappa shape index (κ3) is 2.59. The van der Waals surface area contributed by atoms with Crippen molar-refractivity contribution in [2.75, 3.05) is 13.1 Å². The van der Waals surface area contributed by atoms with Gasteiger partial charge in [0.2, 0.25) is 5.76 Å². The molecule has 0 aliphatic carbocycles. The van der Waals surface area contributed by atoms with Crippen molar-refractivity contribution in [3.8, 4) is 0 Å². The number of amides is 1. The maximum absolute atomic E-state index is 12.8. The Morgan fingerprint density at radius 2 is 2.33 bits per heavy atom. The molecule has 0 radical (unpaired) electrons. The minimum Gasteiger partial charge on any atom is -0.351 e. The minimum atomic E-state index is -0.00553. The fourth-order valence-electron chi connectivity index (χ4n) is 3.68. The lowest BCUT2D eigenvalue weighted by Gasteiger charge is -2.51. The van der Waals surface area contributed by atoms with E-state index in [1.54, 1.807) is 6.07 Å². The molecule has 0 aromatic carbocycles. The Bertz CT molecular complexity index is 521. The number of piperidine rings is 2. The number of nitrogens with one attached hydrogen (secondary N) is 1. The summed E-state index contributed by atoms with van der Waals surface area (Å²) in [7, 11) is 0. The Labute approximate surface area is 126 Å². The second-order valence-corrected chi connectivity index (χ2v) is 6.88. The van der Waals surface area contributed by atoms with Crippen molar-refractivity contribution in [2.24, 2.45) is 0 Å². The lowest BCUT2D eigenvalue weighted by Crippen LogP contribution is -2.65. The molecule has 5 nitrogen and oxygen atoms in total. The van der Waals surface area contributed by atoms with Crippen LogP contribution in [0.4, 0.5) is 0 Å². The molecular weight excluding hydrogens is 266 g/mol. The summed E-state index contributed by atoms with van der Waals surface area (Å²) in [6, 6.07) is 2.06. The Balaban J connectivity index is 1.82. The van der Waals surface area contributed by atoms with Crippen LogP contribution >= 0.6 is 0 Å². The molecule has 1 amide bonds. The van der Waals surface area contributed by atoms with E-state index in [9.17, 15) is 4.79 Å². The van der Waals surface area contributed by atoms with Crippen LogP contribution in [0.1, 0.15) is 68.6 Å². The second-order valence-electron chi connectivity index (χ2n) is 6.88. The molecule has 0 bridgehead atoms. The van der Waals surface area contributed by atoms with Crippen molar-refractivity contribution in [3.63, 3.8) is 0 Å². The highest BCUT2D eigenvalue weighted by atomic mass is 16.5. The predicted molar refractivity (Wildman–Crippen MR) is 80.3 cm³/mol. The molecule has 21 heavy (non-hydrogen) atoms. The summed E-state index contributed by atoms with van der Waals surface area (Å²) in [4.78, 5) is 14.8. The summed E-state index contributed by atoms with van der Waals surface area (Å²) in [6.07, 6.45) is 4.37. The minimum absolute atomic E-state index is 0.00553. The first-order chi connectivity index (χ1) is 10.0. The van der Waals surface area contributed by atoms with Crippen LogP contribution in [0.25, 0.3) is 0 Å². The molecule has 0 spiro atoms. The standard InChI is InChI=1S/C16H25N3O2/c1-11(2)12-10-13(21-18-12)15(20)19-9-5-7-16(3)14(19)6-4-8-17-16/h10-11,14,17H,4-9H2,1-3H3/t14-,16+/m1/s1. The quantitative estimate of drug-likeness (QED) is 0.909. The van der Waals surface area contributed by atoms with Crippen LogP contribution in [0.2, 0.25) is 0 Å². The maximum Gasteiger partial charge on any atom is 0.292 e. The molecule has 1 N–H and O–H groups in total. The third-order valence-corrected chi connectivity index (χ3v) is 4.98. The van der Waals surface area contributed by atoms with Gasteiger partial charge in [0.15, 0.2) is 0 Å². The average molecular weight is 291 g/mol. The number of aromatic nitrogens is 1. The number of fused-ring (bicyclic) bond motifs is 1. The number of carbonyl (C=O) groups excluding carboxylic acids is 1. The number of carbonyl (C=O) groups is 1. The van der Waals surface area contributed by atoms with Crippen molar-refractivity contribution >= 4 is 5.91 Å². The molecule has 2 fully saturated rings. The largest absolute Gasteiger partial charge is 0.351 e. The van der Waals surface area contributed by atoms with Crippen LogP contribution in [0.15, 0.2) is 10.6 Å². The Morgan fingerprint density at radius 3 is 3.05 bits per heavy atom. The van der Waals surface area contributed by atoms with Crippen LogP contribution in [0, 0.1) is 0 Å². The van der Waals surface area contributed by atoms with Crippen LogP contribution in [0.5, 0.6) is 0 Å². The van der Waals surface area contributed by atoms with Gasteiger partial charge in [-0.25, -0.2) is 0 Å². The van der Waals surface area contributed by atoms with E-state index in [4.69, 9.17) is 4.52 Å². The summed E-state index contributed by atoms with van der Waals surface area (Å²) in [5, 5.41) is 7.63. The van der Waals surface area contributed by atoms with E-state index in [2.05, 4.69) is 31.2 Å². The fourth-order valence-corrected chi connectivity index (χ4v) is 3.68. The topological polar surface area (TPSA) is 58.4 Å². The van der Waals surface area contributed by atoms with E-state index < -0.39 is 0 Å². The van der Waals surface area contributed by atoms with Crippen LogP contribution in [-0.4, -0.2) is 40.6 Å². The lowest BCUT2D eigenvalue weighted by atomic mass is 9.78. The number of rotatable bonds is 2. The fraction of sp³-hybridized carbons (Fsp3) is 0.750. The van der Waals surface area contributed by atoms with Gasteiger partial charge in [0, 0.05) is 18.2 Å². The Morgan fingerprint density at radius 1 is 1.52 bits per heavy atom. The summed E-state index contributed by atoms with van der Waals surface area (Å²) in [5.41, 5.74) is 0.896. The van der Waals surface area contributed by atoms with Gasteiger partial charge in [-0.1, -0.05) is 19.0 Å². The van der Waals surface area contributed by atoms with Crippen molar-refractivity contribution < 1.29 is 9.32 Å². The zero-order chi connectivity index (χ0) is 15.0. The lowest BCUT2D eigenvalue weighted by molar-refractivity contribution is 0.0223. The van der Waals surface area contributed by atoms with E-state index in [1.165, 1.54) is 0 Å². The highest BCUT2D eigenvalue weighted by Gasteiger charge is 2.44. The van der Waals surface area contributed by atoms with Crippen molar-refractivity contribution in [1.82, 2.24) is 15.4 Å². The van der Waals surface area contributed by atoms with Gasteiger partial charge in [0.05, 0.1) is 11.7 Å². The van der Waals surface area contributed by atoms with Gasteiger partial charge in [-0.3, -0.25) is 4.79 Å². The zero-order valence-corrected chi connectivity index (χ0v) is 13.2. The third-order valence-electron chi connectivity index (χ3n) is 4.98. The maximum atomic E-state index is 12.8. The molecule has 3 rings (SSSR count). The van der Waals surface area contributed by atoms with Crippen molar-refractivity contribution in [3.05, 3.63) is 17.5 Å².